The van der Waals surface area contributed by atoms with Crippen molar-refractivity contribution in [2.45, 2.75) is 119 Å². The molecule has 0 radical (unpaired) electrons. The minimum atomic E-state index is -0.284. The molecule has 1 aromatic rings. The average molecular weight is 464 g/mol. The molecule has 0 aliphatic carbocycles. The van der Waals surface area contributed by atoms with Crippen molar-refractivity contribution < 1.29 is 4.79 Å². The van der Waals surface area contributed by atoms with Crippen molar-refractivity contribution >= 4 is 17.5 Å². The quantitative estimate of drug-likeness (QED) is 0.325. The van der Waals surface area contributed by atoms with E-state index in [-0.39, 0.29) is 16.9 Å². The van der Waals surface area contributed by atoms with Gasteiger partial charge in [0.15, 0.2) is 0 Å². The molecular weight excluding hydrogens is 414 g/mol. The molecule has 184 valence electrons. The van der Waals surface area contributed by atoms with Gasteiger partial charge in [0.1, 0.15) is 0 Å². The molecule has 0 aliphatic heterocycles. The fourth-order valence-corrected chi connectivity index (χ4v) is 4.82. The maximum absolute atomic E-state index is 12.8. The highest BCUT2D eigenvalue weighted by Gasteiger charge is 2.40. The van der Waals surface area contributed by atoms with Gasteiger partial charge < -0.3 is 5.32 Å². The summed E-state index contributed by atoms with van der Waals surface area (Å²) in [7, 11) is 0. The van der Waals surface area contributed by atoms with Crippen molar-refractivity contribution in [1.82, 2.24) is 5.32 Å². The van der Waals surface area contributed by atoms with Gasteiger partial charge in [-0.1, -0.05) is 84.2 Å². The smallest absolute Gasteiger partial charge is 0.226 e. The molecule has 1 rings (SSSR count). The number of carbonyl (C=O) groups excluding carboxylic acids is 1. The second kappa shape index (κ2) is 14.8. The molecule has 0 fully saturated rings. The fourth-order valence-electron chi connectivity index (χ4n) is 4.40. The molecule has 0 bridgehead atoms. The number of amides is 1. The maximum atomic E-state index is 12.8. The number of hydrogen-bond donors (Lipinski definition) is 1. The average Bonchev–Trinajstić information content (AvgIpc) is 2.70. The largest absolute Gasteiger partial charge is 0.351 e. The van der Waals surface area contributed by atoms with Gasteiger partial charge in [0, 0.05) is 16.0 Å². The van der Waals surface area contributed by atoms with Crippen molar-refractivity contribution in [1.29, 1.82) is 0 Å². The van der Waals surface area contributed by atoms with Crippen LogP contribution in [0.2, 0.25) is 5.02 Å². The summed E-state index contributed by atoms with van der Waals surface area (Å²) in [6.45, 7) is 23.1. The molecule has 1 aromatic carbocycles. The third-order valence-electron chi connectivity index (χ3n) is 6.15. The van der Waals surface area contributed by atoms with Gasteiger partial charge in [-0.05, 0) is 81.9 Å². The van der Waals surface area contributed by atoms with Crippen LogP contribution in [0.1, 0.15) is 118 Å². The summed E-state index contributed by atoms with van der Waals surface area (Å²) in [5, 5.41) is 4.10. The summed E-state index contributed by atoms with van der Waals surface area (Å²) in [4.78, 5) is 12.8. The second-order valence-electron chi connectivity index (χ2n) is 10.5. The molecule has 1 atom stereocenters. The first kappa shape index (κ1) is 30.7. The third kappa shape index (κ3) is 10.1. The van der Waals surface area contributed by atoms with E-state index in [0.29, 0.717) is 11.8 Å². The molecule has 0 aliphatic rings. The monoisotopic (exact) mass is 463 g/mol. The van der Waals surface area contributed by atoms with Crippen molar-refractivity contribution in [3.05, 3.63) is 47.0 Å². The number of rotatable bonds is 11. The van der Waals surface area contributed by atoms with Gasteiger partial charge in [0.05, 0.1) is 0 Å². The highest BCUT2D eigenvalue weighted by Crippen LogP contribution is 2.39. The SMILES string of the molecule is C=CCCC(C)(C(=O)NC(C)(C)C)C(CCC)CCC.CCc1cccc(Cl)c1C(C)C. The molecule has 0 spiro atoms. The zero-order chi connectivity index (χ0) is 24.9. The van der Waals surface area contributed by atoms with Crippen molar-refractivity contribution in [2.75, 3.05) is 0 Å². The summed E-state index contributed by atoms with van der Waals surface area (Å²) < 4.78 is 0. The van der Waals surface area contributed by atoms with Crippen molar-refractivity contribution in [2.24, 2.45) is 11.3 Å². The second-order valence-corrected chi connectivity index (χ2v) is 11.0. The zero-order valence-electron chi connectivity index (χ0n) is 22.4. The van der Waals surface area contributed by atoms with Crippen LogP contribution in [0.5, 0.6) is 0 Å². The van der Waals surface area contributed by atoms with Crippen LogP contribution in [-0.2, 0) is 11.2 Å². The van der Waals surface area contributed by atoms with Crippen LogP contribution in [0.25, 0.3) is 0 Å². The highest BCUT2D eigenvalue weighted by atomic mass is 35.5. The number of carbonyl (C=O) groups is 1. The van der Waals surface area contributed by atoms with E-state index >= 15 is 0 Å². The van der Waals surface area contributed by atoms with E-state index < -0.39 is 0 Å². The number of benzene rings is 1. The van der Waals surface area contributed by atoms with Crippen LogP contribution in [0.15, 0.2) is 30.9 Å². The van der Waals surface area contributed by atoms with Gasteiger partial charge in [-0.25, -0.2) is 0 Å². The van der Waals surface area contributed by atoms with E-state index in [1.165, 1.54) is 11.1 Å². The predicted octanol–water partition coefficient (Wildman–Crippen LogP) is 9.12. The Hall–Kier alpha value is -1.28. The van der Waals surface area contributed by atoms with Gasteiger partial charge in [0.25, 0.3) is 0 Å². The molecule has 2 nitrogen and oxygen atoms in total. The number of hydrogen-bond acceptors (Lipinski definition) is 1. The molecule has 0 saturated carbocycles. The standard InChI is InChI=1S/C18H35NO.C11H15Cl/c1-8-11-14-18(7,15(12-9-2)13-10-3)16(20)19-17(4,5)6;1-4-9-6-5-7-10(12)11(9)8(2)3/h8,15H,1,9-14H2,2-7H3,(H,19,20);5-8H,4H2,1-3H3. The van der Waals surface area contributed by atoms with Crippen LogP contribution >= 0.6 is 11.6 Å². The lowest BCUT2D eigenvalue weighted by molar-refractivity contribution is -0.135. The number of halogens is 1. The Balaban J connectivity index is 0.000000677. The van der Waals surface area contributed by atoms with Crippen LogP contribution in [0.3, 0.4) is 0 Å². The molecule has 1 N–H and O–H groups in total. The van der Waals surface area contributed by atoms with Gasteiger partial charge in [-0.3, -0.25) is 4.79 Å². The summed E-state index contributed by atoms with van der Waals surface area (Å²) in [5.41, 5.74) is 2.22. The molecule has 0 aromatic heterocycles. The van der Waals surface area contributed by atoms with Crippen molar-refractivity contribution in [3.63, 3.8) is 0 Å². The minimum Gasteiger partial charge on any atom is -0.351 e. The van der Waals surface area contributed by atoms with E-state index in [2.05, 4.69) is 59.5 Å². The lowest BCUT2D eigenvalue weighted by atomic mass is 9.69. The van der Waals surface area contributed by atoms with E-state index in [0.717, 1.165) is 50.0 Å². The number of aryl methyl sites for hydroxylation is 1. The van der Waals surface area contributed by atoms with Gasteiger partial charge >= 0.3 is 0 Å². The van der Waals surface area contributed by atoms with Gasteiger partial charge in [0.2, 0.25) is 5.91 Å². The first-order chi connectivity index (χ1) is 14.9. The summed E-state index contributed by atoms with van der Waals surface area (Å²) in [6, 6.07) is 6.14. The zero-order valence-corrected chi connectivity index (χ0v) is 23.2. The topological polar surface area (TPSA) is 29.1 Å². The Morgan fingerprint density at radius 3 is 2.03 bits per heavy atom. The van der Waals surface area contributed by atoms with Crippen LogP contribution in [-0.4, -0.2) is 11.4 Å². The van der Waals surface area contributed by atoms with Crippen LogP contribution < -0.4 is 5.32 Å². The first-order valence-electron chi connectivity index (χ1n) is 12.6. The lowest BCUT2D eigenvalue weighted by Crippen LogP contribution is -2.50. The molecule has 32 heavy (non-hydrogen) atoms. The Kier molecular flexibility index (Phi) is 14.2. The Bertz CT molecular complexity index is 683. The number of allylic oxidation sites excluding steroid dienone is 1. The Morgan fingerprint density at radius 1 is 1.09 bits per heavy atom. The van der Waals surface area contributed by atoms with Crippen molar-refractivity contribution in [3.8, 4) is 0 Å². The van der Waals surface area contributed by atoms with Crippen LogP contribution in [0, 0.1) is 11.3 Å². The molecule has 0 heterocycles. The molecule has 0 saturated heterocycles. The van der Waals surface area contributed by atoms with Crippen LogP contribution in [0.4, 0.5) is 0 Å². The van der Waals surface area contributed by atoms with E-state index in [1.807, 2.05) is 39.0 Å². The summed E-state index contributed by atoms with van der Waals surface area (Å²) >= 11 is 6.10. The van der Waals surface area contributed by atoms with Gasteiger partial charge in [-0.2, -0.15) is 0 Å². The van der Waals surface area contributed by atoms with E-state index in [1.54, 1.807) is 0 Å². The lowest BCUT2D eigenvalue weighted by Gasteiger charge is -2.39. The predicted molar refractivity (Wildman–Crippen MR) is 144 cm³/mol. The Morgan fingerprint density at radius 2 is 1.66 bits per heavy atom. The molecule has 3 heteroatoms. The van der Waals surface area contributed by atoms with Gasteiger partial charge in [-0.15, -0.1) is 6.58 Å². The summed E-state index contributed by atoms with van der Waals surface area (Å²) in [6.07, 6.45) is 9.30. The molecule has 1 amide bonds. The highest BCUT2D eigenvalue weighted by molar-refractivity contribution is 6.31. The maximum Gasteiger partial charge on any atom is 0.226 e. The minimum absolute atomic E-state index is 0.171. The number of nitrogens with one attached hydrogen (secondary N) is 1. The molecule has 1 unspecified atom stereocenters. The molecular formula is C29H50ClNO. The Labute approximate surface area is 204 Å². The third-order valence-corrected chi connectivity index (χ3v) is 6.48. The normalized spacial score (nSPS) is 13.4. The first-order valence-corrected chi connectivity index (χ1v) is 13.0. The van der Waals surface area contributed by atoms with E-state index in [4.69, 9.17) is 11.6 Å². The summed E-state index contributed by atoms with van der Waals surface area (Å²) in [5.74, 6) is 1.19. The van der Waals surface area contributed by atoms with E-state index in [9.17, 15) is 4.79 Å². The fraction of sp³-hybridized carbons (Fsp3) is 0.690.